The van der Waals surface area contributed by atoms with Gasteiger partial charge in [-0.2, -0.15) is 0 Å². The quantitative estimate of drug-likeness (QED) is 0.744. The second-order valence-corrected chi connectivity index (χ2v) is 5.93. The third-order valence-electron chi connectivity index (χ3n) is 3.40. The number of carboxylic acid groups (broad SMARTS) is 1. The molecular formula is C12H18O7. The second-order valence-electron chi connectivity index (χ2n) is 5.93. The van der Waals surface area contributed by atoms with Crippen LogP contribution in [0.2, 0.25) is 0 Å². The number of carbonyl (C=O) groups is 1. The second kappa shape index (κ2) is 3.89. The lowest BCUT2D eigenvalue weighted by atomic mass is 9.99. The maximum Gasteiger partial charge on any atom is 0.335 e. The number of fused-ring (bicyclic) bond motifs is 3. The topological polar surface area (TPSA) is 83.5 Å². The Kier molecular flexibility index (Phi) is 2.72. The first kappa shape index (κ1) is 13.3. The van der Waals surface area contributed by atoms with Crippen LogP contribution in [0.3, 0.4) is 0 Å². The van der Waals surface area contributed by atoms with Gasteiger partial charge in [-0.25, -0.2) is 4.79 Å². The lowest BCUT2D eigenvalue weighted by Crippen LogP contribution is -2.57. The molecule has 7 nitrogen and oxygen atoms in total. The molecule has 3 saturated heterocycles. The fraction of sp³-hybridized carbons (Fsp3) is 0.917. The molecule has 3 rings (SSSR count). The van der Waals surface area contributed by atoms with Crippen LogP contribution in [0.25, 0.3) is 0 Å². The fourth-order valence-corrected chi connectivity index (χ4v) is 2.81. The Morgan fingerprint density at radius 1 is 0.895 bits per heavy atom. The molecule has 3 heterocycles. The number of carboxylic acids is 1. The smallest absolute Gasteiger partial charge is 0.335 e. The molecule has 19 heavy (non-hydrogen) atoms. The van der Waals surface area contributed by atoms with Crippen molar-refractivity contribution in [3.63, 3.8) is 0 Å². The molecule has 0 aliphatic carbocycles. The molecule has 0 bridgehead atoms. The van der Waals surface area contributed by atoms with Gasteiger partial charge in [-0.3, -0.25) is 0 Å². The highest BCUT2D eigenvalue weighted by molar-refractivity contribution is 5.73. The zero-order chi connectivity index (χ0) is 14.0. The van der Waals surface area contributed by atoms with Crippen LogP contribution in [0.15, 0.2) is 0 Å². The predicted molar refractivity (Wildman–Crippen MR) is 60.2 cm³/mol. The first-order valence-corrected chi connectivity index (χ1v) is 6.28. The van der Waals surface area contributed by atoms with Gasteiger partial charge in [-0.15, -0.1) is 0 Å². The minimum Gasteiger partial charge on any atom is -0.479 e. The van der Waals surface area contributed by atoms with Crippen molar-refractivity contribution >= 4 is 5.97 Å². The van der Waals surface area contributed by atoms with Crippen LogP contribution in [-0.2, 0) is 28.5 Å². The molecule has 0 aromatic carbocycles. The Hall–Kier alpha value is -0.730. The van der Waals surface area contributed by atoms with E-state index in [2.05, 4.69) is 0 Å². The van der Waals surface area contributed by atoms with Crippen molar-refractivity contribution in [1.29, 1.82) is 0 Å². The maximum absolute atomic E-state index is 11.3. The average Bonchev–Trinajstić information content (AvgIpc) is 2.70. The Labute approximate surface area is 110 Å². The van der Waals surface area contributed by atoms with E-state index < -0.39 is 48.2 Å². The normalized spacial score (nSPS) is 46.6. The standard InChI is InChI=1S/C12H18O7/c1-11(2)16-5-6(17-11)8-10(15-7(5)9(13)14)19-12(3,4)18-8/h5-8,10H,1-4H3,(H,13,14)/t5-,6+,7+,8+,10+/m1/s1. The first-order chi connectivity index (χ1) is 8.69. The number of ether oxygens (including phenoxy) is 5. The van der Waals surface area contributed by atoms with Gasteiger partial charge in [0.05, 0.1) is 0 Å². The Morgan fingerprint density at radius 3 is 2.05 bits per heavy atom. The molecule has 3 aliphatic heterocycles. The van der Waals surface area contributed by atoms with E-state index in [0.717, 1.165) is 0 Å². The molecule has 7 heteroatoms. The fourth-order valence-electron chi connectivity index (χ4n) is 2.81. The van der Waals surface area contributed by atoms with E-state index in [4.69, 9.17) is 23.7 Å². The van der Waals surface area contributed by atoms with Crippen LogP contribution in [0.4, 0.5) is 0 Å². The lowest BCUT2D eigenvalue weighted by molar-refractivity contribution is -0.237. The summed E-state index contributed by atoms with van der Waals surface area (Å²) >= 11 is 0. The molecule has 5 atom stereocenters. The van der Waals surface area contributed by atoms with Crippen LogP contribution >= 0.6 is 0 Å². The summed E-state index contributed by atoms with van der Waals surface area (Å²) in [6.07, 6.45) is -3.58. The molecule has 0 saturated carbocycles. The minimum atomic E-state index is -1.12. The van der Waals surface area contributed by atoms with E-state index in [1.165, 1.54) is 0 Å². The van der Waals surface area contributed by atoms with Crippen LogP contribution in [0.5, 0.6) is 0 Å². The van der Waals surface area contributed by atoms with E-state index in [0.29, 0.717) is 0 Å². The highest BCUT2D eigenvalue weighted by Crippen LogP contribution is 2.43. The third-order valence-corrected chi connectivity index (χ3v) is 3.40. The molecule has 1 N–H and O–H groups in total. The Bertz CT molecular complexity index is 405. The van der Waals surface area contributed by atoms with E-state index in [1.807, 2.05) is 0 Å². The van der Waals surface area contributed by atoms with Gasteiger partial charge < -0.3 is 28.8 Å². The molecule has 108 valence electrons. The Morgan fingerprint density at radius 2 is 1.42 bits per heavy atom. The number of hydrogen-bond acceptors (Lipinski definition) is 6. The van der Waals surface area contributed by atoms with Crippen molar-refractivity contribution in [2.24, 2.45) is 0 Å². The SMILES string of the molecule is CC1(C)O[C@@H]2O[C@H](C(=O)O)[C@@H]3OC(C)(C)O[C@@H]3[C@@H]2O1. The van der Waals surface area contributed by atoms with Crippen LogP contribution in [0, 0.1) is 0 Å². The molecule has 0 spiro atoms. The highest BCUT2D eigenvalue weighted by atomic mass is 16.9. The third kappa shape index (κ3) is 2.15. The summed E-state index contributed by atoms with van der Waals surface area (Å²) in [5.74, 6) is -2.79. The summed E-state index contributed by atoms with van der Waals surface area (Å²) in [5.41, 5.74) is 0. The van der Waals surface area contributed by atoms with Crippen LogP contribution in [-0.4, -0.2) is 53.4 Å². The van der Waals surface area contributed by atoms with Gasteiger partial charge in [0, 0.05) is 0 Å². The average molecular weight is 274 g/mol. The molecule has 0 amide bonds. The number of hydrogen-bond donors (Lipinski definition) is 1. The minimum absolute atomic E-state index is 0.489. The summed E-state index contributed by atoms with van der Waals surface area (Å²) < 4.78 is 28.2. The van der Waals surface area contributed by atoms with Crippen molar-refractivity contribution in [2.75, 3.05) is 0 Å². The van der Waals surface area contributed by atoms with Gasteiger partial charge in [0.15, 0.2) is 24.0 Å². The van der Waals surface area contributed by atoms with Gasteiger partial charge in [-0.05, 0) is 27.7 Å². The van der Waals surface area contributed by atoms with Gasteiger partial charge in [0.1, 0.15) is 18.3 Å². The Balaban J connectivity index is 1.91. The molecular weight excluding hydrogens is 256 g/mol. The largest absolute Gasteiger partial charge is 0.479 e. The van der Waals surface area contributed by atoms with E-state index in [1.54, 1.807) is 27.7 Å². The lowest BCUT2D eigenvalue weighted by Gasteiger charge is -2.35. The van der Waals surface area contributed by atoms with Crippen molar-refractivity contribution in [1.82, 2.24) is 0 Å². The molecule has 0 aromatic rings. The predicted octanol–water partition coefficient (Wildman–Crippen LogP) is 0.467. The van der Waals surface area contributed by atoms with Crippen molar-refractivity contribution in [3.05, 3.63) is 0 Å². The summed E-state index contributed by atoms with van der Waals surface area (Å²) in [6.45, 7) is 6.97. The van der Waals surface area contributed by atoms with Gasteiger partial charge in [0.2, 0.25) is 0 Å². The zero-order valence-corrected chi connectivity index (χ0v) is 11.3. The zero-order valence-electron chi connectivity index (χ0n) is 11.3. The summed E-state index contributed by atoms with van der Waals surface area (Å²) in [6, 6.07) is 0. The van der Waals surface area contributed by atoms with Gasteiger partial charge >= 0.3 is 5.97 Å². The summed E-state index contributed by atoms with van der Waals surface area (Å²) in [7, 11) is 0. The molecule has 3 aliphatic rings. The monoisotopic (exact) mass is 274 g/mol. The summed E-state index contributed by atoms with van der Waals surface area (Å²) in [5, 5.41) is 9.25. The van der Waals surface area contributed by atoms with Crippen molar-refractivity contribution in [2.45, 2.75) is 70.0 Å². The van der Waals surface area contributed by atoms with Crippen LogP contribution in [0.1, 0.15) is 27.7 Å². The number of rotatable bonds is 1. The van der Waals surface area contributed by atoms with Crippen molar-refractivity contribution in [3.8, 4) is 0 Å². The first-order valence-electron chi connectivity index (χ1n) is 6.28. The van der Waals surface area contributed by atoms with Crippen molar-refractivity contribution < 1.29 is 33.6 Å². The van der Waals surface area contributed by atoms with E-state index in [9.17, 15) is 9.90 Å². The summed E-state index contributed by atoms with van der Waals surface area (Å²) in [4.78, 5) is 11.3. The van der Waals surface area contributed by atoms with Gasteiger partial charge in [-0.1, -0.05) is 0 Å². The molecule has 0 unspecified atom stereocenters. The van der Waals surface area contributed by atoms with Gasteiger partial charge in [0.25, 0.3) is 0 Å². The molecule has 0 radical (unpaired) electrons. The van der Waals surface area contributed by atoms with Crippen LogP contribution < -0.4 is 0 Å². The number of aliphatic carboxylic acids is 1. The maximum atomic E-state index is 11.3. The molecule has 3 fully saturated rings. The highest BCUT2D eigenvalue weighted by Gasteiger charge is 2.62. The van der Waals surface area contributed by atoms with E-state index >= 15 is 0 Å². The molecule has 0 aromatic heterocycles. The van der Waals surface area contributed by atoms with E-state index in [-0.39, 0.29) is 0 Å².